The van der Waals surface area contributed by atoms with Crippen LogP contribution in [0.25, 0.3) is 6.08 Å². The Kier molecular flexibility index (Phi) is 8.63. The summed E-state index contributed by atoms with van der Waals surface area (Å²) in [5, 5.41) is 12.6. The van der Waals surface area contributed by atoms with Crippen molar-refractivity contribution in [3.63, 3.8) is 0 Å². The first-order valence-corrected chi connectivity index (χ1v) is 10.4. The lowest BCUT2D eigenvalue weighted by Crippen LogP contribution is -2.21. The number of thiophene rings is 1. The molecule has 0 radical (unpaired) electrons. The molecule has 1 aromatic carbocycles. The van der Waals surface area contributed by atoms with Crippen molar-refractivity contribution in [2.24, 2.45) is 0 Å². The number of hydrogen-bond donors (Lipinski definition) is 2. The molecule has 2 N–H and O–H groups in total. The molecule has 166 valence electrons. The molecule has 0 aliphatic rings. The number of anilines is 1. The number of aromatic hydroxyl groups is 1. The van der Waals surface area contributed by atoms with Crippen LogP contribution in [0.3, 0.4) is 0 Å². The van der Waals surface area contributed by atoms with Gasteiger partial charge in [-0.05, 0) is 49.6 Å². The van der Waals surface area contributed by atoms with Gasteiger partial charge in [-0.2, -0.15) is 0 Å². The van der Waals surface area contributed by atoms with E-state index in [1.54, 1.807) is 26.0 Å². The number of hydrogen-bond acceptors (Lipinski definition) is 8. The Morgan fingerprint density at radius 3 is 2.58 bits per heavy atom. The maximum Gasteiger partial charge on any atom is 0.341 e. The number of phenolic OH excluding ortho intramolecular Hbond substituents is 1. The van der Waals surface area contributed by atoms with Crippen LogP contribution in [0.4, 0.5) is 5.00 Å². The summed E-state index contributed by atoms with van der Waals surface area (Å²) >= 11 is 1.30. The smallest absolute Gasteiger partial charge is 0.341 e. The van der Waals surface area contributed by atoms with E-state index >= 15 is 0 Å². The molecule has 0 saturated heterocycles. The number of carbonyl (C=O) groups excluding carboxylic acids is 3. The first-order valence-electron chi connectivity index (χ1n) is 9.61. The Morgan fingerprint density at radius 1 is 1.19 bits per heavy atom. The SMILES string of the molecule is CCOC(=O)c1c(NC(=O)COC(=O)/C=C/c2ccc(O)c(OC)c2)sc(CC)c1C. The Balaban J connectivity index is 1.99. The summed E-state index contributed by atoms with van der Waals surface area (Å²) in [6, 6.07) is 4.58. The number of amides is 1. The lowest BCUT2D eigenvalue weighted by Gasteiger charge is -2.07. The lowest BCUT2D eigenvalue weighted by molar-refractivity contribution is -0.142. The first kappa shape index (κ1) is 23.9. The van der Waals surface area contributed by atoms with Gasteiger partial charge in [0.05, 0.1) is 19.3 Å². The maximum absolute atomic E-state index is 12.3. The lowest BCUT2D eigenvalue weighted by atomic mass is 10.1. The average Bonchev–Trinajstić information content (AvgIpc) is 3.06. The molecule has 0 unspecified atom stereocenters. The van der Waals surface area contributed by atoms with Gasteiger partial charge in [-0.15, -0.1) is 11.3 Å². The van der Waals surface area contributed by atoms with Crippen LogP contribution in [-0.4, -0.2) is 43.3 Å². The van der Waals surface area contributed by atoms with Crippen molar-refractivity contribution in [1.82, 2.24) is 0 Å². The molecule has 1 aromatic heterocycles. The molecule has 1 amide bonds. The predicted octanol–water partition coefficient (Wildman–Crippen LogP) is 3.70. The Morgan fingerprint density at radius 2 is 1.94 bits per heavy atom. The number of benzene rings is 1. The number of esters is 2. The van der Waals surface area contributed by atoms with E-state index < -0.39 is 24.5 Å². The number of nitrogens with one attached hydrogen (secondary N) is 1. The summed E-state index contributed by atoms with van der Waals surface area (Å²) in [6.07, 6.45) is 3.34. The Bertz CT molecular complexity index is 994. The number of phenols is 1. The van der Waals surface area contributed by atoms with E-state index in [2.05, 4.69) is 5.32 Å². The highest BCUT2D eigenvalue weighted by Crippen LogP contribution is 2.34. The van der Waals surface area contributed by atoms with Crippen LogP contribution >= 0.6 is 11.3 Å². The second-order valence-corrected chi connectivity index (χ2v) is 7.45. The van der Waals surface area contributed by atoms with Crippen molar-refractivity contribution in [2.75, 3.05) is 25.6 Å². The van der Waals surface area contributed by atoms with Crippen molar-refractivity contribution in [3.8, 4) is 11.5 Å². The first-order chi connectivity index (χ1) is 14.8. The van der Waals surface area contributed by atoms with Gasteiger partial charge in [-0.1, -0.05) is 13.0 Å². The Hall–Kier alpha value is -3.33. The zero-order valence-electron chi connectivity index (χ0n) is 17.8. The van der Waals surface area contributed by atoms with Crippen LogP contribution < -0.4 is 10.1 Å². The molecule has 2 aromatic rings. The van der Waals surface area contributed by atoms with E-state index in [0.29, 0.717) is 22.5 Å². The fourth-order valence-electron chi connectivity index (χ4n) is 2.74. The minimum absolute atomic E-state index is 0.0175. The van der Waals surface area contributed by atoms with Gasteiger partial charge < -0.3 is 24.6 Å². The van der Waals surface area contributed by atoms with E-state index in [1.807, 2.05) is 6.92 Å². The highest BCUT2D eigenvalue weighted by atomic mass is 32.1. The number of methoxy groups -OCH3 is 1. The van der Waals surface area contributed by atoms with Gasteiger partial charge in [0.25, 0.3) is 5.91 Å². The van der Waals surface area contributed by atoms with E-state index in [0.717, 1.165) is 16.5 Å². The van der Waals surface area contributed by atoms with Gasteiger partial charge in [0.1, 0.15) is 5.00 Å². The molecule has 0 saturated carbocycles. The molecule has 8 nitrogen and oxygen atoms in total. The quantitative estimate of drug-likeness (QED) is 0.445. The van der Waals surface area contributed by atoms with Gasteiger partial charge in [0.2, 0.25) is 0 Å². The zero-order chi connectivity index (χ0) is 23.0. The van der Waals surface area contributed by atoms with Crippen LogP contribution in [0.2, 0.25) is 0 Å². The van der Waals surface area contributed by atoms with E-state index in [4.69, 9.17) is 14.2 Å². The zero-order valence-corrected chi connectivity index (χ0v) is 18.6. The predicted molar refractivity (Wildman–Crippen MR) is 118 cm³/mol. The van der Waals surface area contributed by atoms with E-state index in [-0.39, 0.29) is 18.1 Å². The van der Waals surface area contributed by atoms with Gasteiger partial charge >= 0.3 is 11.9 Å². The minimum atomic E-state index is -0.718. The second-order valence-electron chi connectivity index (χ2n) is 6.35. The highest BCUT2D eigenvalue weighted by molar-refractivity contribution is 7.17. The van der Waals surface area contributed by atoms with Crippen molar-refractivity contribution in [1.29, 1.82) is 0 Å². The second kappa shape index (κ2) is 11.2. The van der Waals surface area contributed by atoms with Crippen LogP contribution in [-0.2, 0) is 25.5 Å². The molecule has 2 rings (SSSR count). The summed E-state index contributed by atoms with van der Waals surface area (Å²) < 4.78 is 15.0. The molecule has 0 aliphatic carbocycles. The molecule has 0 fully saturated rings. The molecular weight excluding hydrogens is 422 g/mol. The molecule has 9 heteroatoms. The number of aryl methyl sites for hydroxylation is 1. The summed E-state index contributed by atoms with van der Waals surface area (Å²) in [7, 11) is 1.42. The maximum atomic E-state index is 12.3. The summed E-state index contributed by atoms with van der Waals surface area (Å²) in [4.78, 5) is 37.4. The molecule has 0 bridgehead atoms. The van der Waals surface area contributed by atoms with Crippen LogP contribution in [0.5, 0.6) is 11.5 Å². The van der Waals surface area contributed by atoms with Crippen molar-refractivity contribution < 1.29 is 33.7 Å². The molecule has 0 spiro atoms. The largest absolute Gasteiger partial charge is 0.504 e. The van der Waals surface area contributed by atoms with E-state index in [9.17, 15) is 19.5 Å². The third-order valence-electron chi connectivity index (χ3n) is 4.26. The molecule has 31 heavy (non-hydrogen) atoms. The molecule has 0 aliphatic heterocycles. The topological polar surface area (TPSA) is 111 Å². The molecule has 0 atom stereocenters. The fourth-order valence-corrected chi connectivity index (χ4v) is 3.89. The highest BCUT2D eigenvalue weighted by Gasteiger charge is 2.23. The minimum Gasteiger partial charge on any atom is -0.504 e. The van der Waals surface area contributed by atoms with Crippen LogP contribution in [0.1, 0.15) is 40.2 Å². The molecule has 1 heterocycles. The summed E-state index contributed by atoms with van der Waals surface area (Å²) in [5.74, 6) is -1.54. The standard InChI is InChI=1S/C22H25NO7S/c1-5-17-13(3)20(22(27)29-6-2)21(31-17)23-18(25)12-30-19(26)10-8-14-7-9-15(24)16(11-14)28-4/h7-11,24H,5-6,12H2,1-4H3,(H,23,25)/b10-8+. The summed E-state index contributed by atoms with van der Waals surface area (Å²) in [6.45, 7) is 5.18. The Labute approximate surface area is 184 Å². The van der Waals surface area contributed by atoms with Gasteiger partial charge in [0.15, 0.2) is 18.1 Å². The van der Waals surface area contributed by atoms with Gasteiger partial charge in [0, 0.05) is 11.0 Å². The van der Waals surface area contributed by atoms with Crippen molar-refractivity contribution >= 4 is 40.3 Å². The molecular formula is C22H25NO7S. The van der Waals surface area contributed by atoms with Crippen molar-refractivity contribution in [3.05, 3.63) is 45.8 Å². The number of ether oxygens (including phenoxy) is 3. The van der Waals surface area contributed by atoms with Gasteiger partial charge in [-0.25, -0.2) is 9.59 Å². The number of carbonyl (C=O) groups is 3. The third kappa shape index (κ3) is 6.32. The normalized spacial score (nSPS) is 10.7. The van der Waals surface area contributed by atoms with E-state index in [1.165, 1.54) is 30.6 Å². The van der Waals surface area contributed by atoms with Crippen LogP contribution in [0.15, 0.2) is 24.3 Å². The van der Waals surface area contributed by atoms with Gasteiger partial charge in [-0.3, -0.25) is 4.79 Å². The average molecular weight is 448 g/mol. The number of rotatable bonds is 9. The fraction of sp³-hybridized carbons (Fsp3) is 0.318. The van der Waals surface area contributed by atoms with Crippen molar-refractivity contribution in [2.45, 2.75) is 27.2 Å². The summed E-state index contributed by atoms with van der Waals surface area (Å²) in [5.41, 5.74) is 1.70. The van der Waals surface area contributed by atoms with Crippen LogP contribution in [0, 0.1) is 6.92 Å². The monoisotopic (exact) mass is 447 g/mol. The third-order valence-corrected chi connectivity index (χ3v) is 5.61.